The van der Waals surface area contributed by atoms with E-state index in [1.54, 1.807) is 12.1 Å². The molecule has 3 rings (SSSR count). The molecule has 0 aliphatic heterocycles. The van der Waals surface area contributed by atoms with E-state index in [1.165, 1.54) is 42.5 Å². The van der Waals surface area contributed by atoms with Gasteiger partial charge in [-0.05, 0) is 55.5 Å². The van der Waals surface area contributed by atoms with Gasteiger partial charge in [0, 0.05) is 9.79 Å². The van der Waals surface area contributed by atoms with Crippen LogP contribution in [0, 0.1) is 18.3 Å². The van der Waals surface area contributed by atoms with E-state index < -0.39 is 21.8 Å². The van der Waals surface area contributed by atoms with Gasteiger partial charge in [-0.3, -0.25) is 4.72 Å². The van der Waals surface area contributed by atoms with Crippen LogP contribution >= 0.6 is 11.8 Å². The molecule has 0 spiro atoms. The second-order valence-corrected chi connectivity index (χ2v) is 9.17. The number of hydrogen-bond acceptors (Lipinski definition) is 4. The van der Waals surface area contributed by atoms with Crippen molar-refractivity contribution in [1.29, 1.82) is 5.26 Å². The Balaban J connectivity index is 1.98. The first kappa shape index (κ1) is 21.7. The van der Waals surface area contributed by atoms with Crippen molar-refractivity contribution in [2.45, 2.75) is 27.8 Å². The Morgan fingerprint density at radius 3 is 2.33 bits per heavy atom. The maximum absolute atomic E-state index is 13.0. The number of nitrogens with one attached hydrogen (secondary N) is 1. The zero-order valence-corrected chi connectivity index (χ0v) is 17.2. The van der Waals surface area contributed by atoms with Gasteiger partial charge < -0.3 is 0 Å². The standard InChI is InChI=1S/C21H15F3N2O2S2/c1-14-5-8-18(9-6-14)30(27,28)26-19-11-15(13-25)7-10-20(19)29-17-4-2-3-16(12-17)21(22,23)24/h2-12,26H,1H3. The predicted octanol–water partition coefficient (Wildman–Crippen LogP) is 5.84. The molecule has 0 aliphatic carbocycles. The molecule has 0 unspecified atom stereocenters. The lowest BCUT2D eigenvalue weighted by molar-refractivity contribution is -0.137. The third kappa shape index (κ3) is 5.14. The second kappa shape index (κ2) is 8.42. The topological polar surface area (TPSA) is 70.0 Å². The van der Waals surface area contributed by atoms with Gasteiger partial charge in [0.05, 0.1) is 27.8 Å². The predicted molar refractivity (Wildman–Crippen MR) is 109 cm³/mol. The van der Waals surface area contributed by atoms with Crippen LogP contribution in [0.25, 0.3) is 0 Å². The van der Waals surface area contributed by atoms with Gasteiger partial charge in [0.2, 0.25) is 0 Å². The summed E-state index contributed by atoms with van der Waals surface area (Å²) in [5.41, 5.74) is 0.409. The summed E-state index contributed by atoms with van der Waals surface area (Å²) in [4.78, 5) is 0.680. The van der Waals surface area contributed by atoms with Gasteiger partial charge in [-0.25, -0.2) is 8.42 Å². The molecule has 0 aliphatic rings. The van der Waals surface area contributed by atoms with Crippen LogP contribution in [0.3, 0.4) is 0 Å². The van der Waals surface area contributed by atoms with Crippen molar-refractivity contribution in [2.75, 3.05) is 4.72 Å². The maximum atomic E-state index is 13.0. The summed E-state index contributed by atoms with van der Waals surface area (Å²) >= 11 is 0.966. The minimum absolute atomic E-state index is 0.0329. The number of nitriles is 1. The summed E-state index contributed by atoms with van der Waals surface area (Å²) in [6.45, 7) is 1.82. The summed E-state index contributed by atoms with van der Waals surface area (Å²) in [7, 11) is -3.95. The largest absolute Gasteiger partial charge is 0.416 e. The lowest BCUT2D eigenvalue weighted by atomic mass is 10.2. The number of aryl methyl sites for hydroxylation is 1. The van der Waals surface area contributed by atoms with E-state index in [2.05, 4.69) is 4.72 Å². The molecule has 0 atom stereocenters. The van der Waals surface area contributed by atoms with Crippen LogP contribution in [-0.4, -0.2) is 8.42 Å². The number of anilines is 1. The number of rotatable bonds is 5. The third-order valence-electron chi connectivity index (χ3n) is 4.07. The molecule has 1 N–H and O–H groups in total. The smallest absolute Gasteiger partial charge is 0.278 e. The molecule has 4 nitrogen and oxygen atoms in total. The van der Waals surface area contributed by atoms with Crippen LogP contribution in [-0.2, 0) is 16.2 Å². The van der Waals surface area contributed by atoms with E-state index in [1.807, 2.05) is 13.0 Å². The maximum Gasteiger partial charge on any atom is 0.416 e. The molecule has 0 fully saturated rings. The zero-order chi connectivity index (χ0) is 21.9. The molecule has 154 valence electrons. The Hall–Kier alpha value is -2.96. The number of alkyl halides is 3. The Bertz CT molecular complexity index is 1220. The summed E-state index contributed by atoms with van der Waals surface area (Å²) in [5, 5.41) is 9.16. The van der Waals surface area contributed by atoms with Crippen LogP contribution in [0.5, 0.6) is 0 Å². The normalized spacial score (nSPS) is 11.7. The second-order valence-electron chi connectivity index (χ2n) is 6.37. The van der Waals surface area contributed by atoms with Crippen molar-refractivity contribution in [3.05, 3.63) is 83.4 Å². The molecule has 0 radical (unpaired) electrons. The van der Waals surface area contributed by atoms with E-state index in [0.717, 1.165) is 29.5 Å². The lowest BCUT2D eigenvalue weighted by Crippen LogP contribution is -2.13. The van der Waals surface area contributed by atoms with Gasteiger partial charge in [-0.1, -0.05) is 35.5 Å². The molecular weight excluding hydrogens is 433 g/mol. The number of sulfonamides is 1. The van der Waals surface area contributed by atoms with Crippen molar-refractivity contribution in [3.8, 4) is 6.07 Å². The van der Waals surface area contributed by atoms with Gasteiger partial charge >= 0.3 is 6.18 Å². The minimum atomic E-state index is -4.49. The molecule has 0 bridgehead atoms. The van der Waals surface area contributed by atoms with E-state index in [9.17, 15) is 21.6 Å². The molecule has 0 amide bonds. The molecule has 9 heteroatoms. The highest BCUT2D eigenvalue weighted by atomic mass is 32.2. The van der Waals surface area contributed by atoms with Crippen LogP contribution in [0.1, 0.15) is 16.7 Å². The molecule has 0 heterocycles. The molecule has 0 aromatic heterocycles. The van der Waals surface area contributed by atoms with Crippen molar-refractivity contribution in [2.24, 2.45) is 0 Å². The van der Waals surface area contributed by atoms with Crippen LogP contribution in [0.2, 0.25) is 0 Å². The van der Waals surface area contributed by atoms with E-state index >= 15 is 0 Å². The van der Waals surface area contributed by atoms with Crippen LogP contribution in [0.15, 0.2) is 81.4 Å². The first-order chi connectivity index (χ1) is 14.1. The van der Waals surface area contributed by atoms with Crippen LogP contribution < -0.4 is 4.72 Å². The first-order valence-electron chi connectivity index (χ1n) is 8.57. The summed E-state index contributed by atoms with van der Waals surface area (Å²) in [6.07, 6.45) is -4.49. The highest BCUT2D eigenvalue weighted by Crippen LogP contribution is 2.38. The molecule has 3 aromatic rings. The Kier molecular flexibility index (Phi) is 6.10. The van der Waals surface area contributed by atoms with Gasteiger partial charge in [0.15, 0.2) is 0 Å². The lowest BCUT2D eigenvalue weighted by Gasteiger charge is -2.14. The monoisotopic (exact) mass is 448 g/mol. The number of hydrogen-bond donors (Lipinski definition) is 1. The average molecular weight is 448 g/mol. The quantitative estimate of drug-likeness (QED) is 0.533. The highest BCUT2D eigenvalue weighted by molar-refractivity contribution is 7.99. The van der Waals surface area contributed by atoms with Gasteiger partial charge in [-0.15, -0.1) is 0 Å². The molecule has 3 aromatic carbocycles. The SMILES string of the molecule is Cc1ccc(S(=O)(=O)Nc2cc(C#N)ccc2Sc2cccc(C(F)(F)F)c2)cc1. The van der Waals surface area contributed by atoms with Crippen molar-refractivity contribution in [3.63, 3.8) is 0 Å². The third-order valence-corrected chi connectivity index (χ3v) is 6.52. The van der Waals surface area contributed by atoms with E-state index in [4.69, 9.17) is 5.26 Å². The highest BCUT2D eigenvalue weighted by Gasteiger charge is 2.30. The van der Waals surface area contributed by atoms with E-state index in [0.29, 0.717) is 4.90 Å². The number of benzene rings is 3. The summed E-state index contributed by atoms with van der Waals surface area (Å²) in [5.74, 6) is 0. The van der Waals surface area contributed by atoms with Crippen molar-refractivity contribution < 1.29 is 21.6 Å². The fourth-order valence-electron chi connectivity index (χ4n) is 2.55. The molecule has 0 saturated carbocycles. The molecular formula is C21H15F3N2O2S2. The first-order valence-corrected chi connectivity index (χ1v) is 10.9. The van der Waals surface area contributed by atoms with Gasteiger partial charge in [0.1, 0.15) is 0 Å². The summed E-state index contributed by atoms with van der Waals surface area (Å²) in [6, 6.07) is 17.2. The van der Waals surface area contributed by atoms with Crippen LogP contribution in [0.4, 0.5) is 18.9 Å². The Labute approximate surface area is 176 Å². The summed E-state index contributed by atoms with van der Waals surface area (Å²) < 4.78 is 66.9. The van der Waals surface area contributed by atoms with Crippen molar-refractivity contribution in [1.82, 2.24) is 0 Å². The fraction of sp³-hybridized carbons (Fsp3) is 0.0952. The zero-order valence-electron chi connectivity index (χ0n) is 15.6. The fourth-order valence-corrected chi connectivity index (χ4v) is 4.63. The Morgan fingerprint density at radius 2 is 1.70 bits per heavy atom. The number of halogens is 3. The number of nitrogens with zero attached hydrogens (tertiary/aromatic N) is 1. The van der Waals surface area contributed by atoms with Gasteiger partial charge in [-0.2, -0.15) is 18.4 Å². The Morgan fingerprint density at radius 1 is 1.00 bits per heavy atom. The van der Waals surface area contributed by atoms with Crippen molar-refractivity contribution >= 4 is 27.5 Å². The molecule has 0 saturated heterocycles. The van der Waals surface area contributed by atoms with Gasteiger partial charge in [0.25, 0.3) is 10.0 Å². The molecule has 30 heavy (non-hydrogen) atoms. The van der Waals surface area contributed by atoms with E-state index in [-0.39, 0.29) is 21.0 Å². The minimum Gasteiger partial charge on any atom is -0.278 e. The average Bonchev–Trinajstić information content (AvgIpc) is 2.69.